The average Bonchev–Trinajstić information content (AvgIpc) is 2.83. The third-order valence-electron chi connectivity index (χ3n) is 4.17. The SMILES string of the molecule is CCOC(=O)C(=C=O)N(C(=C=O)C(=O)OCC)c1ccc(-c2nc(C(Cl)(Cl)Cl)nc(C(Cl)(Cl)Cl)n2)cc1Cl. The molecular formula is C21H13Cl7N4O6. The Hall–Kier alpha value is -2.10. The van der Waals surface area contributed by atoms with Crippen molar-refractivity contribution >= 4 is 111 Å². The second kappa shape index (κ2) is 13.3. The number of carbonyl (C=O) groups is 2. The molecule has 0 N–H and O–H groups in total. The number of anilines is 1. The molecule has 0 amide bonds. The molecule has 10 nitrogen and oxygen atoms in total. The van der Waals surface area contributed by atoms with Crippen LogP contribution in [0, 0.1) is 0 Å². The number of aromatic nitrogens is 3. The van der Waals surface area contributed by atoms with Crippen molar-refractivity contribution in [3.63, 3.8) is 0 Å². The van der Waals surface area contributed by atoms with Crippen LogP contribution in [-0.4, -0.2) is 52.0 Å². The molecule has 0 bridgehead atoms. The summed E-state index contributed by atoms with van der Waals surface area (Å²) in [6.07, 6.45) is 0. The Kier molecular flexibility index (Phi) is 11.2. The highest BCUT2D eigenvalue weighted by Crippen LogP contribution is 2.41. The summed E-state index contributed by atoms with van der Waals surface area (Å²) in [5.74, 6) is -0.634. The smallest absolute Gasteiger partial charge is 0.367 e. The molecule has 0 aliphatic carbocycles. The fourth-order valence-corrected chi connectivity index (χ4v) is 3.47. The van der Waals surface area contributed by atoms with Gasteiger partial charge in [-0.15, -0.1) is 0 Å². The molecule has 1 aromatic heterocycles. The molecule has 38 heavy (non-hydrogen) atoms. The predicted octanol–water partition coefficient (Wildman–Crippen LogP) is 5.21. The highest BCUT2D eigenvalue weighted by atomic mass is 35.6. The van der Waals surface area contributed by atoms with Gasteiger partial charge in [0, 0.05) is 5.56 Å². The number of hydrogen-bond acceptors (Lipinski definition) is 10. The second-order valence-corrected chi connectivity index (χ2v) is 11.6. The first-order valence-corrected chi connectivity index (χ1v) is 12.7. The van der Waals surface area contributed by atoms with Gasteiger partial charge in [-0.05, 0) is 32.0 Å². The van der Waals surface area contributed by atoms with Crippen LogP contribution < -0.4 is 4.90 Å². The molecule has 0 unspecified atom stereocenters. The Morgan fingerprint density at radius 3 is 1.63 bits per heavy atom. The lowest BCUT2D eigenvalue weighted by atomic mass is 10.1. The third-order valence-corrected chi connectivity index (χ3v) is 5.48. The first-order valence-electron chi connectivity index (χ1n) is 10.0. The van der Waals surface area contributed by atoms with Crippen LogP contribution in [0.25, 0.3) is 11.4 Å². The van der Waals surface area contributed by atoms with Crippen LogP contribution in [0.15, 0.2) is 29.6 Å². The van der Waals surface area contributed by atoms with Crippen LogP contribution >= 0.6 is 81.2 Å². The second-order valence-electron chi connectivity index (χ2n) is 6.65. The molecule has 1 aromatic carbocycles. The average molecular weight is 666 g/mol. The summed E-state index contributed by atoms with van der Waals surface area (Å²) < 4.78 is 5.41. The maximum absolute atomic E-state index is 12.4. The van der Waals surface area contributed by atoms with Crippen LogP contribution in [0.5, 0.6) is 0 Å². The van der Waals surface area contributed by atoms with Gasteiger partial charge in [0.25, 0.3) is 0 Å². The topological polar surface area (TPSA) is 129 Å². The van der Waals surface area contributed by atoms with Gasteiger partial charge in [-0.1, -0.05) is 81.2 Å². The van der Waals surface area contributed by atoms with Gasteiger partial charge in [0.2, 0.25) is 19.0 Å². The van der Waals surface area contributed by atoms with Crippen molar-refractivity contribution in [2.24, 2.45) is 0 Å². The number of alkyl halides is 6. The summed E-state index contributed by atoms with van der Waals surface area (Å²) in [5, 5.41) is -0.233. The van der Waals surface area contributed by atoms with Crippen molar-refractivity contribution in [1.82, 2.24) is 15.0 Å². The zero-order valence-corrected chi connectivity index (χ0v) is 24.3. The Morgan fingerprint density at radius 1 is 0.842 bits per heavy atom. The van der Waals surface area contributed by atoms with E-state index >= 15 is 0 Å². The minimum absolute atomic E-state index is 0.138. The predicted molar refractivity (Wildman–Crippen MR) is 143 cm³/mol. The van der Waals surface area contributed by atoms with Gasteiger partial charge in [0.15, 0.2) is 29.4 Å². The molecule has 0 aliphatic heterocycles. The van der Waals surface area contributed by atoms with Crippen molar-refractivity contribution in [2.75, 3.05) is 18.1 Å². The number of ether oxygens (including phenoxy) is 2. The van der Waals surface area contributed by atoms with E-state index in [1.54, 1.807) is 0 Å². The summed E-state index contributed by atoms with van der Waals surface area (Å²) in [6, 6.07) is 3.75. The van der Waals surface area contributed by atoms with Gasteiger partial charge in [-0.3, -0.25) is 4.90 Å². The normalized spacial score (nSPS) is 11.2. The third kappa shape index (κ3) is 7.73. The van der Waals surface area contributed by atoms with Crippen LogP contribution in [0.2, 0.25) is 5.02 Å². The lowest BCUT2D eigenvalue weighted by molar-refractivity contribution is -0.138. The summed E-state index contributed by atoms with van der Waals surface area (Å²) >= 11 is 41.8. The number of hydrogen-bond donors (Lipinski definition) is 0. The highest BCUT2D eigenvalue weighted by Gasteiger charge is 2.35. The van der Waals surface area contributed by atoms with Crippen LogP contribution in [0.1, 0.15) is 25.5 Å². The molecule has 0 atom stereocenters. The van der Waals surface area contributed by atoms with Gasteiger partial charge in [-0.25, -0.2) is 34.1 Å². The van der Waals surface area contributed by atoms with E-state index in [1.807, 2.05) is 0 Å². The number of rotatable bonds is 8. The first-order chi connectivity index (χ1) is 17.7. The Bertz CT molecular complexity index is 1270. The van der Waals surface area contributed by atoms with Crippen molar-refractivity contribution in [3.8, 4) is 11.4 Å². The summed E-state index contributed by atoms with van der Waals surface area (Å²) in [4.78, 5) is 61.0. The molecule has 17 heteroatoms. The number of esters is 2. The summed E-state index contributed by atoms with van der Waals surface area (Å²) in [6.45, 7) is 2.67. The number of halogens is 7. The van der Waals surface area contributed by atoms with Crippen LogP contribution in [-0.2, 0) is 36.2 Å². The zero-order valence-electron chi connectivity index (χ0n) is 19.0. The van der Waals surface area contributed by atoms with Crippen LogP contribution in [0.4, 0.5) is 5.69 Å². The van der Waals surface area contributed by atoms with E-state index in [2.05, 4.69) is 15.0 Å². The van der Waals surface area contributed by atoms with E-state index in [1.165, 1.54) is 43.9 Å². The van der Waals surface area contributed by atoms with Crippen LogP contribution in [0.3, 0.4) is 0 Å². The summed E-state index contributed by atoms with van der Waals surface area (Å²) in [5.41, 5.74) is -1.84. The highest BCUT2D eigenvalue weighted by molar-refractivity contribution is 6.67. The molecule has 0 spiro atoms. The van der Waals surface area contributed by atoms with E-state index in [4.69, 9.17) is 90.7 Å². The maximum Gasteiger partial charge on any atom is 0.367 e. The van der Waals surface area contributed by atoms with Crippen molar-refractivity contribution in [3.05, 3.63) is 46.3 Å². The monoisotopic (exact) mass is 662 g/mol. The van der Waals surface area contributed by atoms with E-state index in [0.717, 1.165) is 0 Å². The minimum Gasteiger partial charge on any atom is -0.461 e. The largest absolute Gasteiger partial charge is 0.461 e. The fourth-order valence-electron chi connectivity index (χ4n) is 2.69. The minimum atomic E-state index is -2.13. The number of benzene rings is 1. The number of nitrogens with zero attached hydrogens (tertiary/aromatic N) is 4. The molecule has 0 aliphatic rings. The zero-order chi connectivity index (χ0) is 28.8. The fraction of sp³-hybridized carbons (Fsp3) is 0.286. The van der Waals surface area contributed by atoms with E-state index in [0.29, 0.717) is 4.90 Å². The van der Waals surface area contributed by atoms with Gasteiger partial charge >= 0.3 is 11.9 Å². The molecular weight excluding hydrogens is 652 g/mol. The molecule has 0 fully saturated rings. The number of carbonyl (C=O) groups excluding carboxylic acids is 4. The standard InChI is InChI=1S/C21H13Cl7N4O6/c1-3-37-16(35)13(8-33)32(14(9-34)17(36)38-4-2)12-6-5-10(7-11(12)22)15-29-18(20(23,24)25)31-19(30-15)21(26,27)28/h5-7H,3-4H2,1-2H3. The Morgan fingerprint density at radius 2 is 1.29 bits per heavy atom. The van der Waals surface area contributed by atoms with Crippen molar-refractivity contribution < 1.29 is 28.7 Å². The van der Waals surface area contributed by atoms with E-state index < -0.39 is 30.9 Å². The Labute approximate surface area is 250 Å². The maximum atomic E-state index is 12.4. The van der Waals surface area contributed by atoms with E-state index in [-0.39, 0.29) is 47.0 Å². The molecule has 0 saturated carbocycles. The van der Waals surface area contributed by atoms with Gasteiger partial charge < -0.3 is 9.47 Å². The first kappa shape index (κ1) is 32.1. The molecule has 0 radical (unpaired) electrons. The molecule has 2 aromatic rings. The lowest BCUT2D eigenvalue weighted by Gasteiger charge is -2.24. The summed E-state index contributed by atoms with van der Waals surface area (Å²) in [7, 11) is 0. The molecule has 2 rings (SSSR count). The van der Waals surface area contributed by atoms with Gasteiger partial charge in [0.1, 0.15) is 0 Å². The molecule has 202 valence electrons. The van der Waals surface area contributed by atoms with Crippen molar-refractivity contribution in [2.45, 2.75) is 21.4 Å². The molecule has 0 saturated heterocycles. The molecule has 1 heterocycles. The van der Waals surface area contributed by atoms with Gasteiger partial charge in [-0.2, -0.15) is 0 Å². The van der Waals surface area contributed by atoms with Gasteiger partial charge in [0.05, 0.1) is 23.9 Å². The van der Waals surface area contributed by atoms with E-state index in [9.17, 15) is 19.2 Å². The Balaban J connectivity index is 2.78. The van der Waals surface area contributed by atoms with Crippen molar-refractivity contribution in [1.29, 1.82) is 0 Å². The lowest BCUT2D eigenvalue weighted by Crippen LogP contribution is -2.33. The quantitative estimate of drug-likeness (QED) is 0.161.